The summed E-state index contributed by atoms with van der Waals surface area (Å²) in [6.45, 7) is -3.16. The third-order valence-corrected chi connectivity index (χ3v) is 2.89. The highest BCUT2D eigenvalue weighted by Gasteiger charge is 2.13. The van der Waals surface area contributed by atoms with E-state index in [2.05, 4.69) is 10.1 Å². The van der Waals surface area contributed by atoms with Crippen LogP contribution in [0, 0.1) is 5.82 Å². The monoisotopic (exact) mass is 297 g/mol. The van der Waals surface area contributed by atoms with Crippen molar-refractivity contribution in [3.63, 3.8) is 0 Å². The number of halogens is 3. The molecule has 0 heterocycles. The lowest BCUT2D eigenvalue weighted by atomic mass is 10.1. The zero-order chi connectivity index (χ0) is 15.2. The largest absolute Gasteiger partial charge is 0.435 e. The Bertz CT molecular complexity index is 575. The summed E-state index contributed by atoms with van der Waals surface area (Å²) in [4.78, 5) is 0. The Balaban J connectivity index is 2.12. The van der Waals surface area contributed by atoms with Gasteiger partial charge in [0.2, 0.25) is 0 Å². The topological polar surface area (TPSA) is 41.5 Å². The van der Waals surface area contributed by atoms with Gasteiger partial charge in [0.1, 0.15) is 11.6 Å². The van der Waals surface area contributed by atoms with Gasteiger partial charge in [-0.1, -0.05) is 24.3 Å². The van der Waals surface area contributed by atoms with Gasteiger partial charge in [-0.05, 0) is 29.8 Å². The van der Waals surface area contributed by atoms with Crippen LogP contribution in [0.4, 0.5) is 18.9 Å². The van der Waals surface area contributed by atoms with Crippen LogP contribution in [-0.2, 0) is 0 Å². The molecule has 21 heavy (non-hydrogen) atoms. The SMILES string of the molecule is OCC(Nc1ccccc1F)c1ccc(OC(F)F)cc1. The van der Waals surface area contributed by atoms with Crippen LogP contribution in [0.3, 0.4) is 0 Å². The Morgan fingerprint density at radius 2 is 1.71 bits per heavy atom. The van der Waals surface area contributed by atoms with Gasteiger partial charge in [-0.15, -0.1) is 0 Å². The van der Waals surface area contributed by atoms with Crippen molar-refractivity contribution in [1.29, 1.82) is 0 Å². The van der Waals surface area contributed by atoms with Crippen molar-refractivity contribution in [2.75, 3.05) is 11.9 Å². The Labute approximate surface area is 120 Å². The van der Waals surface area contributed by atoms with Crippen LogP contribution in [0.1, 0.15) is 11.6 Å². The van der Waals surface area contributed by atoms with Gasteiger partial charge in [0.25, 0.3) is 0 Å². The van der Waals surface area contributed by atoms with Crippen molar-refractivity contribution in [3.05, 3.63) is 59.9 Å². The van der Waals surface area contributed by atoms with E-state index in [1.54, 1.807) is 18.2 Å². The third-order valence-electron chi connectivity index (χ3n) is 2.89. The second-order valence-corrected chi connectivity index (χ2v) is 4.31. The lowest BCUT2D eigenvalue weighted by Gasteiger charge is -2.18. The molecule has 2 aromatic carbocycles. The number of hydrogen-bond acceptors (Lipinski definition) is 3. The molecule has 3 nitrogen and oxygen atoms in total. The summed E-state index contributed by atoms with van der Waals surface area (Å²) in [5.74, 6) is -0.412. The first-order chi connectivity index (χ1) is 10.1. The van der Waals surface area contributed by atoms with Crippen molar-refractivity contribution in [2.24, 2.45) is 0 Å². The first-order valence-corrected chi connectivity index (χ1v) is 6.27. The van der Waals surface area contributed by atoms with E-state index in [1.165, 1.54) is 30.3 Å². The average molecular weight is 297 g/mol. The Kier molecular flexibility index (Phi) is 5.05. The fourth-order valence-corrected chi connectivity index (χ4v) is 1.88. The molecule has 6 heteroatoms. The normalized spacial score (nSPS) is 12.2. The molecule has 0 spiro atoms. The molecule has 2 rings (SSSR count). The fraction of sp³-hybridized carbons (Fsp3) is 0.200. The van der Waals surface area contributed by atoms with E-state index >= 15 is 0 Å². The number of aliphatic hydroxyl groups excluding tert-OH is 1. The number of alkyl halides is 2. The Hall–Kier alpha value is -2.21. The maximum absolute atomic E-state index is 13.6. The minimum absolute atomic E-state index is 0.0244. The predicted molar refractivity (Wildman–Crippen MR) is 72.9 cm³/mol. The van der Waals surface area contributed by atoms with Gasteiger partial charge in [-0.2, -0.15) is 8.78 Å². The maximum atomic E-state index is 13.6. The minimum atomic E-state index is -2.89. The van der Waals surface area contributed by atoms with Crippen molar-refractivity contribution >= 4 is 5.69 Å². The molecule has 0 saturated carbocycles. The highest BCUT2D eigenvalue weighted by molar-refractivity contribution is 5.47. The van der Waals surface area contributed by atoms with Crippen LogP contribution >= 0.6 is 0 Å². The van der Waals surface area contributed by atoms with Crippen molar-refractivity contribution in [2.45, 2.75) is 12.7 Å². The van der Waals surface area contributed by atoms with E-state index in [1.807, 2.05) is 0 Å². The van der Waals surface area contributed by atoms with Gasteiger partial charge in [-0.3, -0.25) is 0 Å². The highest BCUT2D eigenvalue weighted by Crippen LogP contribution is 2.24. The number of aliphatic hydroxyl groups is 1. The Morgan fingerprint density at radius 1 is 1.05 bits per heavy atom. The van der Waals surface area contributed by atoms with Gasteiger partial charge in [-0.25, -0.2) is 4.39 Å². The van der Waals surface area contributed by atoms with E-state index in [-0.39, 0.29) is 18.0 Å². The summed E-state index contributed by atoms with van der Waals surface area (Å²) in [6.07, 6.45) is 0. The van der Waals surface area contributed by atoms with Crippen LogP contribution in [0.5, 0.6) is 5.75 Å². The molecule has 0 fully saturated rings. The van der Waals surface area contributed by atoms with Crippen LogP contribution in [-0.4, -0.2) is 18.3 Å². The number of rotatable bonds is 6. The van der Waals surface area contributed by atoms with E-state index in [4.69, 9.17) is 0 Å². The smallest absolute Gasteiger partial charge is 0.387 e. The van der Waals surface area contributed by atoms with E-state index < -0.39 is 18.5 Å². The molecule has 2 aromatic rings. The van der Waals surface area contributed by atoms with Crippen LogP contribution in [0.25, 0.3) is 0 Å². The van der Waals surface area contributed by atoms with Gasteiger partial charge in [0, 0.05) is 0 Å². The van der Waals surface area contributed by atoms with Crippen LogP contribution in [0.2, 0.25) is 0 Å². The number of benzene rings is 2. The molecule has 0 aromatic heterocycles. The molecule has 0 aliphatic rings. The number of anilines is 1. The zero-order valence-corrected chi connectivity index (χ0v) is 11.0. The third kappa shape index (κ3) is 4.13. The van der Waals surface area contributed by atoms with Crippen molar-refractivity contribution in [3.8, 4) is 5.75 Å². The fourth-order valence-electron chi connectivity index (χ4n) is 1.88. The van der Waals surface area contributed by atoms with Crippen molar-refractivity contribution in [1.82, 2.24) is 0 Å². The average Bonchev–Trinajstić information content (AvgIpc) is 2.47. The summed E-state index contributed by atoms with van der Waals surface area (Å²) < 4.78 is 41.9. The number of ether oxygens (including phenoxy) is 1. The molecular weight excluding hydrogens is 283 g/mol. The summed E-state index contributed by atoms with van der Waals surface area (Å²) in [6, 6.07) is 11.3. The first-order valence-electron chi connectivity index (χ1n) is 6.27. The summed E-state index contributed by atoms with van der Waals surface area (Å²) in [5, 5.41) is 12.3. The lowest BCUT2D eigenvalue weighted by molar-refractivity contribution is -0.0498. The van der Waals surface area contributed by atoms with E-state index in [9.17, 15) is 18.3 Å². The lowest BCUT2D eigenvalue weighted by Crippen LogP contribution is -2.15. The minimum Gasteiger partial charge on any atom is -0.435 e. The second-order valence-electron chi connectivity index (χ2n) is 4.31. The number of para-hydroxylation sites is 1. The molecule has 0 radical (unpaired) electrons. The van der Waals surface area contributed by atoms with Gasteiger partial charge < -0.3 is 15.2 Å². The predicted octanol–water partition coefficient (Wildman–Crippen LogP) is 3.57. The maximum Gasteiger partial charge on any atom is 0.387 e. The van der Waals surface area contributed by atoms with Gasteiger partial charge >= 0.3 is 6.61 Å². The first kappa shape index (κ1) is 15.2. The van der Waals surface area contributed by atoms with Gasteiger partial charge in [0.15, 0.2) is 0 Å². The number of hydrogen-bond donors (Lipinski definition) is 2. The quantitative estimate of drug-likeness (QED) is 0.856. The van der Waals surface area contributed by atoms with Crippen molar-refractivity contribution < 1.29 is 23.0 Å². The summed E-state index contributed by atoms with van der Waals surface area (Å²) >= 11 is 0. The van der Waals surface area contributed by atoms with Gasteiger partial charge in [0.05, 0.1) is 18.3 Å². The zero-order valence-electron chi connectivity index (χ0n) is 11.0. The molecule has 0 saturated heterocycles. The van der Waals surface area contributed by atoms with Crippen LogP contribution in [0.15, 0.2) is 48.5 Å². The molecule has 1 atom stereocenters. The van der Waals surface area contributed by atoms with E-state index in [0.717, 1.165) is 0 Å². The second kappa shape index (κ2) is 6.99. The molecule has 0 bridgehead atoms. The molecule has 0 amide bonds. The molecule has 0 aliphatic heterocycles. The van der Waals surface area contributed by atoms with Crippen LogP contribution < -0.4 is 10.1 Å². The van der Waals surface area contributed by atoms with E-state index in [0.29, 0.717) is 5.56 Å². The number of nitrogens with one attached hydrogen (secondary N) is 1. The molecule has 2 N–H and O–H groups in total. The Morgan fingerprint density at radius 3 is 2.29 bits per heavy atom. The highest BCUT2D eigenvalue weighted by atomic mass is 19.3. The molecule has 112 valence electrons. The molecular formula is C15H14F3NO2. The summed E-state index contributed by atoms with van der Waals surface area (Å²) in [7, 11) is 0. The standard InChI is InChI=1S/C15H14F3NO2/c16-12-3-1-2-4-13(12)19-14(9-20)10-5-7-11(8-6-10)21-15(17)18/h1-8,14-15,19-20H,9H2. The molecule has 0 aliphatic carbocycles. The summed E-state index contributed by atoms with van der Waals surface area (Å²) in [5.41, 5.74) is 0.881. The molecule has 1 unspecified atom stereocenters.